The Labute approximate surface area is 764 Å². The molecular weight excluding hydrogens is 1690 g/mol. The second kappa shape index (κ2) is 56.3. The number of nitrogens with two attached hydrogens (primary N) is 2. The van der Waals surface area contributed by atoms with E-state index in [1.807, 2.05) is 78.9 Å². The lowest BCUT2D eigenvalue weighted by molar-refractivity contribution is -0.138. The molecule has 24 nitrogen and oxygen atoms in total. The number of carbonyl (C=O) groups excluding carboxylic acids is 7. The first-order chi connectivity index (χ1) is 62.7. The van der Waals surface area contributed by atoms with Crippen molar-refractivity contribution >= 4 is 108 Å². The highest BCUT2D eigenvalue weighted by atomic mass is 32.1. The number of hydrogen-bond donors (Lipinski definition) is 6. The molecule has 0 aliphatic carbocycles. The number of esters is 4. The van der Waals surface area contributed by atoms with Crippen LogP contribution < -0.4 is 41.3 Å². The molecule has 0 saturated carbocycles. The quantitative estimate of drug-likeness (QED) is 0.00520. The molecule has 0 amide bonds. The van der Waals surface area contributed by atoms with Crippen LogP contribution in [-0.2, 0) is 47.9 Å². The normalized spacial score (nSPS) is 10.2. The van der Waals surface area contributed by atoms with Crippen molar-refractivity contribution in [1.82, 2.24) is 16.1 Å². The van der Waals surface area contributed by atoms with Crippen molar-refractivity contribution < 1.29 is 86.5 Å². The number of aryl methyl sites for hydroxylation is 3. The molecule has 0 atom stereocenters. The van der Waals surface area contributed by atoms with Crippen LogP contribution in [0.15, 0.2) is 287 Å². The minimum atomic E-state index is -0.962. The van der Waals surface area contributed by atoms with Gasteiger partial charge in [-0.1, -0.05) is 186 Å². The van der Waals surface area contributed by atoms with E-state index >= 15 is 0 Å². The Balaban J connectivity index is 0.000000227. The summed E-state index contributed by atoms with van der Waals surface area (Å²) in [6, 6.07) is 75.2. The average Bonchev–Trinajstić information content (AvgIpc) is 0.918. The minimum Gasteiger partial charge on any atom is -0.508 e. The number of nitrogens with zero attached hydrogens (tertiary/aromatic N) is 2. The van der Waals surface area contributed by atoms with Crippen molar-refractivity contribution in [2.45, 2.75) is 91.4 Å². The van der Waals surface area contributed by atoms with E-state index in [0.29, 0.717) is 132 Å². The van der Waals surface area contributed by atoms with Gasteiger partial charge in [-0.15, -0.1) is 0 Å². The predicted octanol–water partition coefficient (Wildman–Crippen LogP) is 22.3. The van der Waals surface area contributed by atoms with Crippen LogP contribution in [0.1, 0.15) is 146 Å². The number of carboxylic acid groups (broad SMARTS) is 1. The number of aromatic hydroxyl groups is 1. The molecule has 130 heavy (non-hydrogen) atoms. The number of thiazole rings is 2. The lowest BCUT2D eigenvalue weighted by Crippen LogP contribution is -2.10. The molecule has 0 radical (unpaired) electrons. The maximum absolute atomic E-state index is 12.6. The number of nitrogen functional groups attached to an aromatic ring is 2. The third-order valence-corrected chi connectivity index (χ3v) is 20.6. The fourth-order valence-electron chi connectivity index (χ4n) is 12.3. The predicted molar refractivity (Wildman–Crippen MR) is 515 cm³/mol. The van der Waals surface area contributed by atoms with Gasteiger partial charge in [-0.05, 0) is 247 Å². The van der Waals surface area contributed by atoms with Crippen LogP contribution in [0.25, 0.3) is 53.8 Å². The second-order valence-corrected chi connectivity index (χ2v) is 30.6. The summed E-state index contributed by atoms with van der Waals surface area (Å²) < 4.78 is 45.0. The van der Waals surface area contributed by atoms with Gasteiger partial charge in [-0.2, -0.15) is 0 Å². The number of phenolic OH excluding ortho intramolecular Hbond substituents is 1. The number of phenols is 1. The van der Waals surface area contributed by atoms with Gasteiger partial charge in [0.25, 0.3) is 0 Å². The monoisotopic (exact) mass is 1790 g/mol. The largest absolute Gasteiger partial charge is 0.508 e. The average molecular weight is 1790 g/mol. The number of ether oxygens (including phenoxy) is 8. The Morgan fingerprint density at radius 3 is 1.14 bits per heavy atom. The van der Waals surface area contributed by atoms with E-state index in [0.717, 1.165) is 123 Å². The van der Waals surface area contributed by atoms with E-state index in [1.165, 1.54) is 69.9 Å². The van der Waals surface area contributed by atoms with Gasteiger partial charge in [0, 0.05) is 41.5 Å². The molecule has 11 aromatic carbocycles. The Morgan fingerprint density at radius 1 is 0.415 bits per heavy atom. The van der Waals surface area contributed by atoms with Crippen molar-refractivity contribution in [2.24, 2.45) is 0 Å². The number of hydrogen-bond acceptors (Lipinski definition) is 25. The fraction of sp³-hybridized carbons (Fsp3) is 0.202. The van der Waals surface area contributed by atoms with Gasteiger partial charge in [0.2, 0.25) is 0 Å². The zero-order valence-electron chi connectivity index (χ0n) is 73.0. The highest BCUT2D eigenvalue weighted by Gasteiger charge is 2.16. The highest BCUT2D eigenvalue weighted by molar-refractivity contribution is 7.22. The Bertz CT molecular complexity index is 5490. The third kappa shape index (κ3) is 34.8. The van der Waals surface area contributed by atoms with Crippen molar-refractivity contribution in [3.63, 3.8) is 0 Å². The molecule has 674 valence electrons. The molecule has 10 N–H and O–H groups in total. The summed E-state index contributed by atoms with van der Waals surface area (Å²) in [6.07, 6.45) is 16.2. The highest BCUT2D eigenvalue weighted by Crippen LogP contribution is 2.32. The number of carboxylic acids is 1. The molecule has 0 unspecified atom stereocenters. The standard InChI is InChI=1S/C30H31NO5.C30H30O6.C16H16O2.C14H16O5.2C7H6N2S.H3N/c1-3-6-22-7-9-23(10-8-22)29-16-15-28(19-25(29)20-31)36-30(33)24-11-13-27(14-12-24)35-18-5-17-34-21-26(32)4-2;1-3-7-22-8-10-23(11-9-22)28-17-16-27(20-25(28)21-31)36-30(33)24-12-14-26(15-13-24)34-18-5-6-19-35-29(32)4-2;1-2-3-12-4-6-13(7-5-12)16-9-8-15(18)10-14(16)11-17;1-2-13(15)19-10-4-3-9-18-12-7-5-11(6-8-12)14(16)17;2*8-7-9-5-3-1-2-4-6(5)10-7;/h4,7-16,19-20,31H,2-3,5-6,17-18,21H2,1H3;4,8-17,20-21H,2-3,5-7,18-19H2,1H3;4-11,18H,2-3H2,1H3;2,5-8H,1,3-4,9-10H2,(H,16,17);2*1-4H,(H2,8,9);1H3. The molecule has 0 spiro atoms. The number of para-hydroxylation sites is 2. The van der Waals surface area contributed by atoms with Crippen LogP contribution in [-0.4, -0.2) is 121 Å². The van der Waals surface area contributed by atoms with E-state index < -0.39 is 29.8 Å². The Kier molecular flexibility index (Phi) is 44.3. The number of ketones is 1. The third-order valence-electron chi connectivity index (χ3n) is 18.8. The van der Waals surface area contributed by atoms with E-state index in [2.05, 4.69) is 99.0 Å². The number of benzene rings is 11. The topological polar surface area (TPSA) is 388 Å². The molecule has 0 aliphatic rings. The molecular formula is C104H108N6O18S2. The number of unbranched alkanes of at least 4 members (excludes halogenated alkanes) is 2. The SMILES string of the molecule is C=CC(=O)COCCCOc1ccc(C(=O)Oc2ccc(-c3ccc(CCC)cc3)c(C=N)c2)cc1.C=CC(=O)OCCCCOc1ccc(C(=O)O)cc1.C=CC(=O)OCCCCOc1ccc(C(=O)Oc2ccc(-c3ccc(CCC)cc3)c(C=O)c2)cc1.CCCc1ccc(-c2ccc(O)cc2C=O)cc1.N.Nc1nc2ccccc2s1.Nc1nc2ccccc2s1. The molecule has 0 saturated heterocycles. The van der Waals surface area contributed by atoms with Crippen LogP contribution >= 0.6 is 22.7 Å². The molecule has 0 aliphatic heterocycles. The van der Waals surface area contributed by atoms with Crippen LogP contribution in [0.2, 0.25) is 0 Å². The summed E-state index contributed by atoms with van der Waals surface area (Å²) in [6.45, 7) is 18.9. The number of fused-ring (bicyclic) bond motifs is 2. The number of anilines is 2. The van der Waals surface area contributed by atoms with Gasteiger partial charge in [0.05, 0.1) is 76.8 Å². The zero-order chi connectivity index (χ0) is 92.5. The summed E-state index contributed by atoms with van der Waals surface area (Å²) in [5, 5.41) is 27.2. The fourth-order valence-corrected chi connectivity index (χ4v) is 13.8. The van der Waals surface area contributed by atoms with Gasteiger partial charge < -0.3 is 71.1 Å². The summed E-state index contributed by atoms with van der Waals surface area (Å²) >= 11 is 3.04. The van der Waals surface area contributed by atoms with Gasteiger partial charge in [0.15, 0.2) is 28.6 Å². The molecule has 26 heteroatoms. The van der Waals surface area contributed by atoms with Crippen molar-refractivity contribution in [2.75, 3.05) is 57.7 Å². The van der Waals surface area contributed by atoms with Gasteiger partial charge in [-0.3, -0.25) is 14.4 Å². The van der Waals surface area contributed by atoms with E-state index in [1.54, 1.807) is 103 Å². The van der Waals surface area contributed by atoms with E-state index in [-0.39, 0.29) is 29.9 Å². The number of aromatic nitrogens is 2. The number of carbonyl (C=O) groups is 8. The number of rotatable bonds is 39. The maximum Gasteiger partial charge on any atom is 0.343 e. The van der Waals surface area contributed by atoms with Gasteiger partial charge in [0.1, 0.15) is 41.1 Å². The van der Waals surface area contributed by atoms with Crippen molar-refractivity contribution in [3.05, 3.63) is 337 Å². The number of aldehydes is 2. The van der Waals surface area contributed by atoms with Gasteiger partial charge in [-0.25, -0.2) is 33.9 Å². The van der Waals surface area contributed by atoms with Crippen molar-refractivity contribution in [3.8, 4) is 67.9 Å². The van der Waals surface area contributed by atoms with Gasteiger partial charge >= 0.3 is 29.8 Å². The van der Waals surface area contributed by atoms with Crippen LogP contribution in [0.5, 0.6) is 34.5 Å². The summed E-state index contributed by atoms with van der Waals surface area (Å²) in [7, 11) is 0. The van der Waals surface area contributed by atoms with Crippen LogP contribution in [0.4, 0.5) is 10.3 Å². The van der Waals surface area contributed by atoms with Crippen molar-refractivity contribution in [1.29, 1.82) is 5.41 Å². The first-order valence-corrected chi connectivity index (χ1v) is 43.5. The molecule has 2 heterocycles. The first kappa shape index (κ1) is 102. The molecule has 13 aromatic rings. The van der Waals surface area contributed by atoms with Crippen LogP contribution in [0, 0.1) is 5.41 Å². The lowest BCUT2D eigenvalue weighted by atomic mass is 9.98. The zero-order valence-corrected chi connectivity index (χ0v) is 74.6. The summed E-state index contributed by atoms with van der Waals surface area (Å²) in [5.41, 5.74) is 24.9. The Hall–Kier alpha value is -14.8. The number of nitrogens with one attached hydrogen (secondary N) is 1. The first-order valence-electron chi connectivity index (χ1n) is 41.9. The molecule has 13 rings (SSSR count). The van der Waals surface area contributed by atoms with E-state index in [9.17, 15) is 43.5 Å². The smallest absolute Gasteiger partial charge is 0.343 e. The van der Waals surface area contributed by atoms with Crippen LogP contribution in [0.3, 0.4) is 0 Å². The lowest BCUT2D eigenvalue weighted by Gasteiger charge is -2.11. The molecule has 0 bridgehead atoms. The minimum absolute atomic E-state index is 0. The Morgan fingerprint density at radius 2 is 0.769 bits per heavy atom. The maximum atomic E-state index is 12.6. The summed E-state index contributed by atoms with van der Waals surface area (Å²) in [5.74, 6) is -0.354. The van der Waals surface area contributed by atoms with E-state index in [4.69, 9.17) is 59.9 Å². The molecule has 0 fully saturated rings. The molecule has 2 aromatic heterocycles. The number of aromatic carboxylic acids is 1. The summed E-state index contributed by atoms with van der Waals surface area (Å²) in [4.78, 5) is 99.6. The second-order valence-electron chi connectivity index (χ2n) is 28.5.